The zero-order valence-corrected chi connectivity index (χ0v) is 15.3. The Bertz CT molecular complexity index is 863. The fourth-order valence-corrected chi connectivity index (χ4v) is 3.24. The average molecular weight is 373 g/mol. The molecule has 1 aromatic heterocycles. The number of carbonyl (C=O) groups is 1. The Hall–Kier alpha value is -3.07. The third-order valence-electron chi connectivity index (χ3n) is 4.53. The molecule has 4 N–H and O–H groups in total. The number of hydrogen-bond donors (Lipinski definition) is 3. The number of ether oxygens (including phenoxy) is 2. The van der Waals surface area contributed by atoms with Crippen molar-refractivity contribution in [1.82, 2.24) is 14.8 Å². The van der Waals surface area contributed by atoms with Gasteiger partial charge in [-0.2, -0.15) is 10.1 Å². The summed E-state index contributed by atoms with van der Waals surface area (Å²) >= 11 is 0. The SMILES string of the molecule is C=C1Nc2nc(CCCO)nn2[C@@H](c2ccc(OC)cc2OC)[C@@H]1C(N)=O. The highest BCUT2D eigenvalue weighted by Crippen LogP contribution is 2.41. The molecule has 1 aliphatic rings. The number of fused-ring (bicyclic) bond motifs is 1. The normalized spacial score (nSPS) is 18.6. The Balaban J connectivity index is 2.14. The first-order chi connectivity index (χ1) is 13.0. The second kappa shape index (κ2) is 7.67. The molecule has 0 saturated carbocycles. The van der Waals surface area contributed by atoms with E-state index in [0.717, 1.165) is 0 Å². The fourth-order valence-electron chi connectivity index (χ4n) is 3.24. The smallest absolute Gasteiger partial charge is 0.229 e. The van der Waals surface area contributed by atoms with Gasteiger partial charge in [0.1, 0.15) is 23.5 Å². The Labute approximate surface area is 156 Å². The van der Waals surface area contributed by atoms with Crippen molar-refractivity contribution in [3.8, 4) is 11.5 Å². The Morgan fingerprint density at radius 3 is 2.81 bits per heavy atom. The number of aryl methyl sites for hydroxylation is 1. The summed E-state index contributed by atoms with van der Waals surface area (Å²) < 4.78 is 12.4. The van der Waals surface area contributed by atoms with Gasteiger partial charge in [0.25, 0.3) is 0 Å². The highest BCUT2D eigenvalue weighted by atomic mass is 16.5. The molecule has 2 atom stereocenters. The van der Waals surface area contributed by atoms with Gasteiger partial charge in [0.05, 0.1) is 14.2 Å². The number of nitrogens with one attached hydrogen (secondary N) is 1. The molecule has 0 spiro atoms. The molecule has 0 bridgehead atoms. The van der Waals surface area contributed by atoms with Gasteiger partial charge in [-0.1, -0.05) is 6.58 Å². The molecule has 0 radical (unpaired) electrons. The molecule has 1 amide bonds. The molecule has 144 valence electrons. The molecule has 9 heteroatoms. The van der Waals surface area contributed by atoms with E-state index in [4.69, 9.17) is 20.3 Å². The second-order valence-corrected chi connectivity index (χ2v) is 6.21. The van der Waals surface area contributed by atoms with Crippen molar-refractivity contribution in [2.75, 3.05) is 26.1 Å². The van der Waals surface area contributed by atoms with Crippen LogP contribution in [0.3, 0.4) is 0 Å². The number of nitrogens with two attached hydrogens (primary N) is 1. The first-order valence-electron chi connectivity index (χ1n) is 8.53. The standard InChI is InChI=1S/C18H23N5O4/c1-10-15(17(19)25)16(12-7-6-11(26-2)9-13(12)27-3)23-18(20-10)21-14(22-23)5-4-8-24/h6-7,9,15-16,24H,1,4-5,8H2,2-3H3,(H2,19,25)(H,20,21,22)/t15-,16+/m1/s1. The van der Waals surface area contributed by atoms with Crippen LogP contribution in [0.2, 0.25) is 0 Å². The fraction of sp³-hybridized carbons (Fsp3) is 0.389. The van der Waals surface area contributed by atoms with Crippen LogP contribution in [0.15, 0.2) is 30.5 Å². The van der Waals surface area contributed by atoms with E-state index in [1.807, 2.05) is 6.07 Å². The van der Waals surface area contributed by atoms with Gasteiger partial charge in [-0.3, -0.25) is 4.79 Å². The lowest BCUT2D eigenvalue weighted by atomic mass is 9.88. The molecule has 1 aromatic carbocycles. The van der Waals surface area contributed by atoms with Crippen molar-refractivity contribution in [1.29, 1.82) is 0 Å². The molecule has 2 aromatic rings. The molecule has 3 rings (SSSR count). The number of primary amides is 1. The largest absolute Gasteiger partial charge is 0.497 e. The van der Waals surface area contributed by atoms with Crippen LogP contribution in [0, 0.1) is 5.92 Å². The summed E-state index contributed by atoms with van der Waals surface area (Å²) in [7, 11) is 3.11. The number of aliphatic hydroxyl groups excluding tert-OH is 1. The maximum atomic E-state index is 12.2. The number of anilines is 1. The predicted octanol–water partition coefficient (Wildman–Crippen LogP) is 0.850. The van der Waals surface area contributed by atoms with E-state index < -0.39 is 17.9 Å². The number of methoxy groups -OCH3 is 2. The summed E-state index contributed by atoms with van der Waals surface area (Å²) in [5.74, 6) is 0.913. The quantitative estimate of drug-likeness (QED) is 0.657. The van der Waals surface area contributed by atoms with E-state index in [0.29, 0.717) is 47.4 Å². The molecule has 0 aliphatic carbocycles. The highest BCUT2D eigenvalue weighted by Gasteiger charge is 2.40. The first-order valence-corrected chi connectivity index (χ1v) is 8.53. The van der Waals surface area contributed by atoms with Gasteiger partial charge in [-0.25, -0.2) is 4.68 Å². The van der Waals surface area contributed by atoms with Crippen LogP contribution >= 0.6 is 0 Å². The van der Waals surface area contributed by atoms with Crippen molar-refractivity contribution in [3.63, 3.8) is 0 Å². The van der Waals surface area contributed by atoms with Crippen LogP contribution in [0.5, 0.6) is 11.5 Å². The zero-order valence-electron chi connectivity index (χ0n) is 15.3. The lowest BCUT2D eigenvalue weighted by Gasteiger charge is -2.33. The van der Waals surface area contributed by atoms with Crippen LogP contribution in [0.1, 0.15) is 23.9 Å². The van der Waals surface area contributed by atoms with Crippen LogP contribution in [0.4, 0.5) is 5.95 Å². The van der Waals surface area contributed by atoms with Gasteiger partial charge < -0.3 is 25.6 Å². The van der Waals surface area contributed by atoms with E-state index >= 15 is 0 Å². The Kier molecular flexibility index (Phi) is 5.31. The van der Waals surface area contributed by atoms with Crippen LogP contribution in [0.25, 0.3) is 0 Å². The van der Waals surface area contributed by atoms with Crippen molar-refractivity contribution in [3.05, 3.63) is 41.9 Å². The average Bonchev–Trinajstić information content (AvgIpc) is 3.06. The van der Waals surface area contributed by atoms with Crippen molar-refractivity contribution >= 4 is 11.9 Å². The number of amides is 1. The van der Waals surface area contributed by atoms with Crippen LogP contribution < -0.4 is 20.5 Å². The minimum absolute atomic E-state index is 0.0453. The predicted molar refractivity (Wildman–Crippen MR) is 98.6 cm³/mol. The van der Waals surface area contributed by atoms with Gasteiger partial charge in [0.2, 0.25) is 11.9 Å². The molecule has 9 nitrogen and oxygen atoms in total. The summed E-state index contributed by atoms with van der Waals surface area (Å²) in [6.45, 7) is 4.00. The molecular formula is C18H23N5O4. The molecular weight excluding hydrogens is 350 g/mol. The van der Waals surface area contributed by atoms with Gasteiger partial charge in [-0.05, 0) is 18.6 Å². The van der Waals surface area contributed by atoms with E-state index in [9.17, 15) is 4.79 Å². The van der Waals surface area contributed by atoms with Crippen LogP contribution in [-0.2, 0) is 11.2 Å². The summed E-state index contributed by atoms with van der Waals surface area (Å²) in [5.41, 5.74) is 6.83. The zero-order chi connectivity index (χ0) is 19.6. The van der Waals surface area contributed by atoms with Crippen molar-refractivity contribution in [2.24, 2.45) is 11.7 Å². The molecule has 0 saturated heterocycles. The van der Waals surface area contributed by atoms with Gasteiger partial charge in [0, 0.05) is 30.4 Å². The summed E-state index contributed by atoms with van der Waals surface area (Å²) in [6.07, 6.45) is 1.05. The summed E-state index contributed by atoms with van der Waals surface area (Å²) in [5, 5.41) is 16.6. The Morgan fingerprint density at radius 1 is 1.41 bits per heavy atom. The minimum Gasteiger partial charge on any atom is -0.497 e. The maximum absolute atomic E-state index is 12.2. The van der Waals surface area contributed by atoms with Gasteiger partial charge >= 0.3 is 0 Å². The highest BCUT2D eigenvalue weighted by molar-refractivity contribution is 5.82. The number of nitrogens with zero attached hydrogens (tertiary/aromatic N) is 3. The first kappa shape index (κ1) is 18.7. The number of carbonyl (C=O) groups excluding carboxylic acids is 1. The maximum Gasteiger partial charge on any atom is 0.229 e. The molecule has 27 heavy (non-hydrogen) atoms. The van der Waals surface area contributed by atoms with Gasteiger partial charge in [0.15, 0.2) is 5.82 Å². The lowest BCUT2D eigenvalue weighted by Crippen LogP contribution is -2.40. The van der Waals surface area contributed by atoms with E-state index in [1.54, 1.807) is 31.0 Å². The Morgan fingerprint density at radius 2 is 2.19 bits per heavy atom. The van der Waals surface area contributed by atoms with Crippen molar-refractivity contribution in [2.45, 2.75) is 18.9 Å². The van der Waals surface area contributed by atoms with Crippen molar-refractivity contribution < 1.29 is 19.4 Å². The molecule has 1 aliphatic heterocycles. The lowest BCUT2D eigenvalue weighted by molar-refractivity contribution is -0.121. The number of rotatable bonds is 7. The molecule has 2 heterocycles. The van der Waals surface area contributed by atoms with Crippen LogP contribution in [-0.4, -0.2) is 46.6 Å². The number of aliphatic hydroxyl groups is 1. The second-order valence-electron chi connectivity index (χ2n) is 6.21. The van der Waals surface area contributed by atoms with Gasteiger partial charge in [-0.15, -0.1) is 0 Å². The number of hydrogen-bond acceptors (Lipinski definition) is 7. The number of aromatic nitrogens is 3. The monoisotopic (exact) mass is 373 g/mol. The summed E-state index contributed by atoms with van der Waals surface area (Å²) in [4.78, 5) is 16.7. The topological polar surface area (TPSA) is 125 Å². The summed E-state index contributed by atoms with van der Waals surface area (Å²) in [6, 6.07) is 4.77. The number of benzene rings is 1. The van der Waals surface area contributed by atoms with E-state index in [1.165, 1.54) is 0 Å². The molecule has 0 unspecified atom stereocenters. The molecule has 0 fully saturated rings. The van der Waals surface area contributed by atoms with E-state index in [-0.39, 0.29) is 6.61 Å². The minimum atomic E-state index is -0.743. The third kappa shape index (κ3) is 3.45. The third-order valence-corrected chi connectivity index (χ3v) is 4.53. The van der Waals surface area contributed by atoms with E-state index in [2.05, 4.69) is 22.0 Å².